The number of ether oxygens (including phenoxy) is 2. The summed E-state index contributed by atoms with van der Waals surface area (Å²) in [5.74, 6) is 0.602. The van der Waals surface area contributed by atoms with Gasteiger partial charge >= 0.3 is 6.18 Å². The largest absolute Gasteiger partial charge is 0.411 e. The van der Waals surface area contributed by atoms with Gasteiger partial charge in [0.2, 0.25) is 5.95 Å². The van der Waals surface area contributed by atoms with Crippen LogP contribution < -0.4 is 5.32 Å². The van der Waals surface area contributed by atoms with Gasteiger partial charge < -0.3 is 19.4 Å². The number of aryl methyl sites for hydroxylation is 1. The van der Waals surface area contributed by atoms with Gasteiger partial charge in [0.15, 0.2) is 0 Å². The highest BCUT2D eigenvalue weighted by Gasteiger charge is 2.27. The van der Waals surface area contributed by atoms with Crippen molar-refractivity contribution >= 4 is 5.95 Å². The Morgan fingerprint density at radius 1 is 1.37 bits per heavy atom. The minimum Gasteiger partial charge on any atom is -0.383 e. The zero-order chi connectivity index (χ0) is 14.3. The molecule has 0 unspecified atom stereocenters. The molecule has 1 rings (SSSR count). The molecular weight excluding hydrogens is 263 g/mol. The number of anilines is 1. The molecular formula is C11H18F3N3O2. The van der Waals surface area contributed by atoms with Crippen molar-refractivity contribution in [3.05, 3.63) is 11.9 Å². The quantitative estimate of drug-likeness (QED) is 0.739. The summed E-state index contributed by atoms with van der Waals surface area (Å²) in [5.41, 5.74) is 0.788. The number of imidazole rings is 1. The highest BCUT2D eigenvalue weighted by Crippen LogP contribution is 2.14. The van der Waals surface area contributed by atoms with Gasteiger partial charge in [-0.05, 0) is 6.92 Å². The van der Waals surface area contributed by atoms with Gasteiger partial charge in [-0.1, -0.05) is 0 Å². The molecule has 0 amide bonds. The van der Waals surface area contributed by atoms with Crippen molar-refractivity contribution < 1.29 is 22.6 Å². The topological polar surface area (TPSA) is 48.3 Å². The van der Waals surface area contributed by atoms with E-state index >= 15 is 0 Å². The Labute approximate surface area is 109 Å². The fourth-order valence-corrected chi connectivity index (χ4v) is 1.47. The highest BCUT2D eigenvalue weighted by molar-refractivity contribution is 5.28. The number of nitrogens with zero attached hydrogens (tertiary/aromatic N) is 2. The Balaban J connectivity index is 2.39. The van der Waals surface area contributed by atoms with Gasteiger partial charge in [-0.25, -0.2) is 4.98 Å². The first kappa shape index (κ1) is 15.8. The predicted molar refractivity (Wildman–Crippen MR) is 64.2 cm³/mol. The van der Waals surface area contributed by atoms with E-state index in [1.807, 2.05) is 6.92 Å². The van der Waals surface area contributed by atoms with Crippen molar-refractivity contribution in [1.29, 1.82) is 0 Å². The predicted octanol–water partition coefficient (Wildman–Crippen LogP) is 1.83. The SMILES string of the molecule is COCCNc1nc(C)cn1CCOCC(F)(F)F. The van der Waals surface area contributed by atoms with Crippen LogP contribution >= 0.6 is 0 Å². The molecule has 0 fully saturated rings. The maximum atomic E-state index is 11.9. The molecule has 0 radical (unpaired) electrons. The number of hydrogen-bond donors (Lipinski definition) is 1. The number of alkyl halides is 3. The molecule has 0 spiro atoms. The summed E-state index contributed by atoms with van der Waals surface area (Å²) in [7, 11) is 1.59. The van der Waals surface area contributed by atoms with Crippen molar-refractivity contribution in [2.45, 2.75) is 19.6 Å². The molecule has 5 nitrogen and oxygen atoms in total. The Morgan fingerprint density at radius 2 is 2.11 bits per heavy atom. The normalized spacial score (nSPS) is 11.8. The zero-order valence-corrected chi connectivity index (χ0v) is 11.0. The van der Waals surface area contributed by atoms with Crippen molar-refractivity contribution in [2.24, 2.45) is 0 Å². The van der Waals surface area contributed by atoms with E-state index in [0.29, 0.717) is 25.6 Å². The van der Waals surface area contributed by atoms with E-state index in [0.717, 1.165) is 5.69 Å². The van der Waals surface area contributed by atoms with Crippen LogP contribution in [0.2, 0.25) is 0 Å². The molecule has 1 aromatic heterocycles. The van der Waals surface area contributed by atoms with Gasteiger partial charge in [-0.3, -0.25) is 0 Å². The molecule has 1 N–H and O–H groups in total. The van der Waals surface area contributed by atoms with Crippen LogP contribution in [0.3, 0.4) is 0 Å². The van der Waals surface area contributed by atoms with E-state index in [4.69, 9.17) is 4.74 Å². The second kappa shape index (κ2) is 7.34. The zero-order valence-electron chi connectivity index (χ0n) is 11.0. The number of rotatable bonds is 8. The molecule has 1 aromatic rings. The fraction of sp³-hybridized carbons (Fsp3) is 0.727. The molecule has 0 aromatic carbocycles. The fourth-order valence-electron chi connectivity index (χ4n) is 1.47. The highest BCUT2D eigenvalue weighted by atomic mass is 19.4. The van der Waals surface area contributed by atoms with Gasteiger partial charge in [0.1, 0.15) is 6.61 Å². The molecule has 19 heavy (non-hydrogen) atoms. The lowest BCUT2D eigenvalue weighted by Gasteiger charge is -2.11. The lowest BCUT2D eigenvalue weighted by Crippen LogP contribution is -2.19. The lowest BCUT2D eigenvalue weighted by atomic mass is 10.5. The van der Waals surface area contributed by atoms with Crippen LogP contribution in [0.5, 0.6) is 0 Å². The minimum atomic E-state index is -4.29. The maximum absolute atomic E-state index is 11.9. The third-order valence-electron chi connectivity index (χ3n) is 2.23. The summed E-state index contributed by atoms with van der Waals surface area (Å²) in [5, 5.41) is 3.04. The second-order valence-electron chi connectivity index (χ2n) is 3.99. The van der Waals surface area contributed by atoms with Gasteiger partial charge in [0.05, 0.1) is 18.9 Å². The minimum absolute atomic E-state index is 0.0196. The first-order chi connectivity index (χ1) is 8.92. The van der Waals surface area contributed by atoms with Crippen molar-refractivity contribution in [3.63, 3.8) is 0 Å². The van der Waals surface area contributed by atoms with Crippen LogP contribution in [0, 0.1) is 6.92 Å². The Bertz CT molecular complexity index is 380. The first-order valence-electron chi connectivity index (χ1n) is 5.83. The Hall–Kier alpha value is -1.28. The molecule has 8 heteroatoms. The average molecular weight is 281 g/mol. The molecule has 0 aliphatic rings. The average Bonchev–Trinajstić information content (AvgIpc) is 2.65. The third-order valence-corrected chi connectivity index (χ3v) is 2.23. The number of methoxy groups -OCH3 is 1. The van der Waals surface area contributed by atoms with Crippen LogP contribution in [-0.2, 0) is 16.0 Å². The summed E-state index contributed by atoms with van der Waals surface area (Å²) in [6.45, 7) is 1.98. The molecule has 0 saturated heterocycles. The molecule has 110 valence electrons. The van der Waals surface area contributed by atoms with E-state index in [1.165, 1.54) is 0 Å². The maximum Gasteiger partial charge on any atom is 0.411 e. The number of nitrogens with one attached hydrogen (secondary N) is 1. The summed E-state index contributed by atoms with van der Waals surface area (Å²) < 4.78 is 46.9. The van der Waals surface area contributed by atoms with Crippen LogP contribution in [0.25, 0.3) is 0 Å². The molecule has 0 saturated carbocycles. The van der Waals surface area contributed by atoms with E-state index in [9.17, 15) is 13.2 Å². The Kier molecular flexibility index (Phi) is 6.10. The first-order valence-corrected chi connectivity index (χ1v) is 5.83. The van der Waals surface area contributed by atoms with Crippen molar-refractivity contribution in [2.75, 3.05) is 38.8 Å². The summed E-state index contributed by atoms with van der Waals surface area (Å²) >= 11 is 0. The number of aromatic nitrogens is 2. The van der Waals surface area contributed by atoms with Crippen molar-refractivity contribution in [1.82, 2.24) is 9.55 Å². The molecule has 0 atom stereocenters. The van der Waals surface area contributed by atoms with E-state index in [2.05, 4.69) is 15.0 Å². The van der Waals surface area contributed by atoms with E-state index in [-0.39, 0.29) is 6.61 Å². The van der Waals surface area contributed by atoms with E-state index in [1.54, 1.807) is 17.9 Å². The number of halogens is 3. The summed E-state index contributed by atoms with van der Waals surface area (Å²) in [4.78, 5) is 4.23. The second-order valence-corrected chi connectivity index (χ2v) is 3.99. The third kappa shape index (κ3) is 6.44. The number of hydrogen-bond acceptors (Lipinski definition) is 4. The summed E-state index contributed by atoms with van der Waals surface area (Å²) in [6, 6.07) is 0. The van der Waals surface area contributed by atoms with Crippen LogP contribution in [-0.4, -0.2) is 49.2 Å². The van der Waals surface area contributed by atoms with Crippen LogP contribution in [0.15, 0.2) is 6.20 Å². The van der Waals surface area contributed by atoms with Gasteiger partial charge in [-0.2, -0.15) is 13.2 Å². The standard InChI is InChI=1S/C11H18F3N3O2/c1-9-7-17(4-6-19-8-11(12,13)14)10(16-9)15-3-5-18-2/h7H,3-6,8H2,1-2H3,(H,15,16). The van der Waals surface area contributed by atoms with Crippen molar-refractivity contribution in [3.8, 4) is 0 Å². The molecule has 1 heterocycles. The van der Waals surface area contributed by atoms with Crippen LogP contribution in [0.4, 0.5) is 19.1 Å². The van der Waals surface area contributed by atoms with Gasteiger partial charge in [0, 0.05) is 26.4 Å². The van der Waals surface area contributed by atoms with Gasteiger partial charge in [-0.15, -0.1) is 0 Å². The molecule has 0 aliphatic heterocycles. The lowest BCUT2D eigenvalue weighted by molar-refractivity contribution is -0.174. The molecule has 0 bridgehead atoms. The molecule has 0 aliphatic carbocycles. The Morgan fingerprint density at radius 3 is 2.74 bits per heavy atom. The van der Waals surface area contributed by atoms with Gasteiger partial charge in [0.25, 0.3) is 0 Å². The van der Waals surface area contributed by atoms with E-state index < -0.39 is 12.8 Å². The monoisotopic (exact) mass is 281 g/mol. The summed E-state index contributed by atoms with van der Waals surface area (Å²) in [6.07, 6.45) is -2.53. The van der Waals surface area contributed by atoms with Crippen LogP contribution in [0.1, 0.15) is 5.69 Å². The smallest absolute Gasteiger partial charge is 0.383 e.